The van der Waals surface area contributed by atoms with Gasteiger partial charge in [0.2, 0.25) is 0 Å². The van der Waals surface area contributed by atoms with E-state index in [2.05, 4.69) is 26.0 Å². The number of hydrogen-bond acceptors (Lipinski definition) is 1. The summed E-state index contributed by atoms with van der Waals surface area (Å²) in [5, 5.41) is 11.7. The lowest BCUT2D eigenvalue weighted by molar-refractivity contribution is 0.190. The fourth-order valence-corrected chi connectivity index (χ4v) is 3.47. The molecule has 1 radical (unpaired) electrons. The van der Waals surface area contributed by atoms with Gasteiger partial charge in [0.15, 0.2) is 5.75 Å². The molecule has 0 aliphatic rings. The molecule has 0 aromatic heterocycles. The van der Waals surface area contributed by atoms with Crippen LogP contribution in [0.1, 0.15) is 49.0 Å². The van der Waals surface area contributed by atoms with Gasteiger partial charge in [-0.3, -0.25) is 5.11 Å². The molecule has 1 unspecified atom stereocenters. The molecule has 0 bridgehead atoms. The lowest BCUT2D eigenvalue weighted by Gasteiger charge is -2.23. The Kier molecular flexibility index (Phi) is 6.35. The van der Waals surface area contributed by atoms with Gasteiger partial charge in [-0.15, -0.1) is 0 Å². The van der Waals surface area contributed by atoms with Crippen molar-refractivity contribution in [3.05, 3.63) is 83.2 Å². The van der Waals surface area contributed by atoms with Crippen LogP contribution in [0.5, 0.6) is 11.5 Å². The standard InChI is InChI=1S/C25H26FO2/c1-4-5-9-25(28-21-14-15-24(27)17(2)16-21)23-8-6-7-22(18(23)3)19-10-12-20(26)13-11-19/h6-8,10-16,25H,4-5,9H2,1-3H3. The highest BCUT2D eigenvalue weighted by Gasteiger charge is 2.18. The van der Waals surface area contributed by atoms with Crippen molar-refractivity contribution in [3.63, 3.8) is 0 Å². The minimum Gasteiger partial charge on any atom is -0.486 e. The fourth-order valence-electron chi connectivity index (χ4n) is 3.47. The largest absolute Gasteiger partial charge is 0.486 e. The Hall–Kier alpha value is -2.81. The molecule has 0 amide bonds. The molecule has 3 heteroatoms. The van der Waals surface area contributed by atoms with E-state index in [4.69, 9.17) is 4.74 Å². The average Bonchev–Trinajstić information content (AvgIpc) is 2.69. The third-order valence-electron chi connectivity index (χ3n) is 5.12. The summed E-state index contributed by atoms with van der Waals surface area (Å²) < 4.78 is 19.6. The van der Waals surface area contributed by atoms with E-state index in [0.717, 1.165) is 41.5 Å². The van der Waals surface area contributed by atoms with Gasteiger partial charge in [-0.05, 0) is 79.3 Å². The van der Waals surface area contributed by atoms with Gasteiger partial charge in [-0.2, -0.15) is 0 Å². The Balaban J connectivity index is 1.96. The van der Waals surface area contributed by atoms with Crippen molar-refractivity contribution in [3.8, 4) is 22.6 Å². The highest BCUT2D eigenvalue weighted by Crippen LogP contribution is 2.34. The van der Waals surface area contributed by atoms with Crippen LogP contribution >= 0.6 is 0 Å². The van der Waals surface area contributed by atoms with E-state index in [1.54, 1.807) is 37.3 Å². The number of hydrogen-bond donors (Lipinski definition) is 0. The van der Waals surface area contributed by atoms with Crippen LogP contribution in [0.2, 0.25) is 0 Å². The lowest BCUT2D eigenvalue weighted by Crippen LogP contribution is -2.10. The van der Waals surface area contributed by atoms with Gasteiger partial charge in [0.25, 0.3) is 0 Å². The van der Waals surface area contributed by atoms with Crippen LogP contribution in [-0.4, -0.2) is 0 Å². The van der Waals surface area contributed by atoms with Gasteiger partial charge in [0.1, 0.15) is 17.7 Å². The van der Waals surface area contributed by atoms with Crippen molar-refractivity contribution in [1.29, 1.82) is 0 Å². The second kappa shape index (κ2) is 8.92. The Morgan fingerprint density at radius 3 is 2.43 bits per heavy atom. The van der Waals surface area contributed by atoms with Crippen LogP contribution < -0.4 is 4.74 Å². The van der Waals surface area contributed by atoms with E-state index in [-0.39, 0.29) is 17.7 Å². The van der Waals surface area contributed by atoms with Gasteiger partial charge in [-0.1, -0.05) is 43.7 Å². The highest BCUT2D eigenvalue weighted by atomic mass is 19.1. The lowest BCUT2D eigenvalue weighted by atomic mass is 9.92. The molecule has 145 valence electrons. The van der Waals surface area contributed by atoms with E-state index in [9.17, 15) is 9.50 Å². The maximum Gasteiger partial charge on any atom is 0.181 e. The quantitative estimate of drug-likeness (QED) is 0.417. The molecular weight excluding hydrogens is 351 g/mol. The van der Waals surface area contributed by atoms with E-state index in [0.29, 0.717) is 11.3 Å². The predicted molar refractivity (Wildman–Crippen MR) is 111 cm³/mol. The van der Waals surface area contributed by atoms with Crippen molar-refractivity contribution < 1.29 is 14.2 Å². The fraction of sp³-hybridized carbons (Fsp3) is 0.280. The Bertz CT molecular complexity index is 932. The molecule has 0 saturated heterocycles. The first-order valence-electron chi connectivity index (χ1n) is 9.79. The average molecular weight is 377 g/mol. The third-order valence-corrected chi connectivity index (χ3v) is 5.12. The van der Waals surface area contributed by atoms with Crippen molar-refractivity contribution in [2.75, 3.05) is 0 Å². The van der Waals surface area contributed by atoms with Crippen molar-refractivity contribution in [2.24, 2.45) is 0 Å². The minimum atomic E-state index is -0.237. The number of ether oxygens (including phenoxy) is 1. The first kappa shape index (κ1) is 19.9. The zero-order chi connectivity index (χ0) is 20.1. The molecule has 28 heavy (non-hydrogen) atoms. The molecule has 0 saturated carbocycles. The monoisotopic (exact) mass is 377 g/mol. The van der Waals surface area contributed by atoms with Crippen LogP contribution in [0.15, 0.2) is 60.7 Å². The van der Waals surface area contributed by atoms with Gasteiger partial charge in [0, 0.05) is 5.56 Å². The van der Waals surface area contributed by atoms with E-state index in [1.165, 1.54) is 12.1 Å². The first-order chi connectivity index (χ1) is 13.5. The summed E-state index contributed by atoms with van der Waals surface area (Å²) in [5.41, 5.74) is 5.00. The van der Waals surface area contributed by atoms with Gasteiger partial charge < -0.3 is 4.74 Å². The third kappa shape index (κ3) is 4.53. The molecule has 0 spiro atoms. The molecule has 1 atom stereocenters. The molecule has 0 aliphatic heterocycles. The summed E-state index contributed by atoms with van der Waals surface area (Å²) in [7, 11) is 0. The van der Waals surface area contributed by atoms with Gasteiger partial charge in [-0.25, -0.2) is 4.39 Å². The highest BCUT2D eigenvalue weighted by molar-refractivity contribution is 5.68. The number of benzene rings is 3. The number of rotatable bonds is 7. The van der Waals surface area contributed by atoms with Crippen LogP contribution in [-0.2, 0) is 5.11 Å². The molecular formula is C25H26FO2. The Morgan fingerprint density at radius 1 is 1.00 bits per heavy atom. The van der Waals surface area contributed by atoms with Crippen LogP contribution in [0.4, 0.5) is 4.39 Å². The second-order valence-electron chi connectivity index (χ2n) is 7.20. The molecule has 2 nitrogen and oxygen atoms in total. The maximum atomic E-state index is 13.3. The summed E-state index contributed by atoms with van der Waals surface area (Å²) in [6.45, 7) is 6.05. The molecule has 3 rings (SSSR count). The summed E-state index contributed by atoms with van der Waals surface area (Å²) in [5.74, 6) is 0.496. The normalized spacial score (nSPS) is 12.0. The van der Waals surface area contributed by atoms with Crippen molar-refractivity contribution in [2.45, 2.75) is 46.1 Å². The summed E-state index contributed by atoms with van der Waals surface area (Å²) in [4.78, 5) is 0. The molecule has 3 aromatic carbocycles. The molecule has 0 fully saturated rings. The number of aryl methyl sites for hydroxylation is 1. The van der Waals surface area contributed by atoms with Crippen LogP contribution in [0.25, 0.3) is 11.1 Å². The maximum absolute atomic E-state index is 13.3. The SMILES string of the molecule is CCCCC(Oc1ccc([O])c(C)c1)c1cccc(-c2ccc(F)cc2)c1C. The van der Waals surface area contributed by atoms with E-state index >= 15 is 0 Å². The topological polar surface area (TPSA) is 29.1 Å². The molecule has 0 heterocycles. The van der Waals surface area contributed by atoms with E-state index in [1.807, 2.05) is 6.07 Å². The summed E-state index contributed by atoms with van der Waals surface area (Å²) >= 11 is 0. The number of halogens is 1. The van der Waals surface area contributed by atoms with Gasteiger partial charge in [0.05, 0.1) is 0 Å². The summed E-state index contributed by atoms with van der Waals surface area (Å²) in [6.07, 6.45) is 2.92. The molecule has 0 aliphatic carbocycles. The van der Waals surface area contributed by atoms with Crippen LogP contribution in [0.3, 0.4) is 0 Å². The van der Waals surface area contributed by atoms with Crippen LogP contribution in [0, 0.1) is 19.7 Å². The molecule has 3 aromatic rings. The second-order valence-corrected chi connectivity index (χ2v) is 7.20. The number of unbranched alkanes of at least 4 members (excludes halogenated alkanes) is 1. The smallest absolute Gasteiger partial charge is 0.181 e. The molecule has 0 N–H and O–H groups in total. The summed E-state index contributed by atoms with van der Waals surface area (Å²) in [6, 6.07) is 17.9. The van der Waals surface area contributed by atoms with E-state index < -0.39 is 0 Å². The zero-order valence-electron chi connectivity index (χ0n) is 16.7. The van der Waals surface area contributed by atoms with Crippen molar-refractivity contribution >= 4 is 0 Å². The Labute approximate surface area is 166 Å². The first-order valence-corrected chi connectivity index (χ1v) is 9.79. The predicted octanol–water partition coefficient (Wildman–Crippen LogP) is 7.56. The van der Waals surface area contributed by atoms with Crippen molar-refractivity contribution in [1.82, 2.24) is 0 Å². The zero-order valence-corrected chi connectivity index (χ0v) is 16.7. The Morgan fingerprint density at radius 2 is 1.75 bits per heavy atom. The minimum absolute atomic E-state index is 0.0203. The van der Waals surface area contributed by atoms with Gasteiger partial charge >= 0.3 is 0 Å².